The van der Waals surface area contributed by atoms with Crippen LogP contribution in [0.15, 0.2) is 51.8 Å². The van der Waals surface area contributed by atoms with Gasteiger partial charge in [-0.05, 0) is 64.0 Å². The Kier molecular flexibility index (Phi) is 5.30. The highest BCUT2D eigenvalue weighted by Gasteiger charge is 2.34. The van der Waals surface area contributed by atoms with Crippen molar-refractivity contribution in [2.75, 3.05) is 7.11 Å². The van der Waals surface area contributed by atoms with Gasteiger partial charge >= 0.3 is 0 Å². The van der Waals surface area contributed by atoms with E-state index in [2.05, 4.69) is 15.9 Å². The number of methoxy groups -OCH3 is 1. The number of ether oxygens (including phenoxy) is 1. The van der Waals surface area contributed by atoms with Crippen LogP contribution in [0.3, 0.4) is 0 Å². The first-order chi connectivity index (χ1) is 12.0. The average molecular weight is 418 g/mol. The summed E-state index contributed by atoms with van der Waals surface area (Å²) in [5, 5.41) is -0.245. The lowest BCUT2D eigenvalue weighted by Gasteiger charge is -2.12. The molecule has 0 radical (unpaired) electrons. The van der Waals surface area contributed by atoms with Crippen LogP contribution in [0.1, 0.15) is 16.7 Å². The summed E-state index contributed by atoms with van der Waals surface area (Å²) in [4.78, 5) is 26.5. The summed E-state index contributed by atoms with van der Waals surface area (Å²) in [5.74, 6) is 0.452. The summed E-state index contributed by atoms with van der Waals surface area (Å²) in [6.07, 6.45) is 1.73. The largest absolute Gasteiger partial charge is 0.496 e. The monoisotopic (exact) mass is 417 g/mol. The normalized spacial score (nSPS) is 16.0. The molecule has 0 bridgehead atoms. The summed E-state index contributed by atoms with van der Waals surface area (Å²) in [6, 6.07) is 13.3. The number of hydrogen-bond acceptors (Lipinski definition) is 4. The molecule has 0 unspecified atom stereocenters. The number of carbonyl (C=O) groups excluding carboxylic acids is 2. The number of amides is 2. The molecule has 0 atom stereocenters. The van der Waals surface area contributed by atoms with E-state index in [1.165, 1.54) is 4.90 Å². The molecule has 1 heterocycles. The topological polar surface area (TPSA) is 46.6 Å². The SMILES string of the molecule is COc1ccc(/C=C2/SC(=O)N(Cc3cccc(C)c3)C2=O)cc1Br. The molecule has 1 fully saturated rings. The van der Waals surface area contributed by atoms with Crippen molar-refractivity contribution in [3.63, 3.8) is 0 Å². The molecule has 128 valence electrons. The summed E-state index contributed by atoms with van der Waals surface area (Å²) >= 11 is 4.39. The molecule has 25 heavy (non-hydrogen) atoms. The number of carbonyl (C=O) groups is 2. The number of thioether (sulfide) groups is 1. The lowest BCUT2D eigenvalue weighted by Crippen LogP contribution is -2.27. The highest BCUT2D eigenvalue weighted by atomic mass is 79.9. The van der Waals surface area contributed by atoms with Gasteiger partial charge in [0.1, 0.15) is 5.75 Å². The van der Waals surface area contributed by atoms with Crippen LogP contribution in [-0.2, 0) is 11.3 Å². The van der Waals surface area contributed by atoms with E-state index in [0.29, 0.717) is 10.7 Å². The maximum absolute atomic E-state index is 12.6. The predicted molar refractivity (Wildman–Crippen MR) is 103 cm³/mol. The Morgan fingerprint density at radius 2 is 2.00 bits per heavy atom. The number of hydrogen-bond donors (Lipinski definition) is 0. The first kappa shape index (κ1) is 17.8. The summed E-state index contributed by atoms with van der Waals surface area (Å²) < 4.78 is 5.99. The predicted octanol–water partition coefficient (Wildman–Crippen LogP) is 5.00. The molecular weight excluding hydrogens is 402 g/mol. The summed E-state index contributed by atoms with van der Waals surface area (Å²) in [6.45, 7) is 2.27. The molecule has 0 saturated carbocycles. The van der Waals surface area contributed by atoms with Crippen LogP contribution in [0.25, 0.3) is 6.08 Å². The molecule has 0 spiro atoms. The standard InChI is InChI=1S/C19H16BrNO3S/c1-12-4-3-5-14(8-12)11-21-18(22)17(25-19(21)23)10-13-6-7-16(24-2)15(20)9-13/h3-10H,11H2,1-2H3/b17-10+. The lowest BCUT2D eigenvalue weighted by atomic mass is 10.1. The van der Waals surface area contributed by atoms with Crippen molar-refractivity contribution in [2.24, 2.45) is 0 Å². The van der Waals surface area contributed by atoms with Crippen molar-refractivity contribution in [1.29, 1.82) is 0 Å². The van der Waals surface area contributed by atoms with Crippen LogP contribution in [-0.4, -0.2) is 23.2 Å². The zero-order valence-electron chi connectivity index (χ0n) is 13.8. The minimum absolute atomic E-state index is 0.245. The number of rotatable bonds is 4. The van der Waals surface area contributed by atoms with Crippen molar-refractivity contribution in [3.8, 4) is 5.75 Å². The maximum Gasteiger partial charge on any atom is 0.293 e. The van der Waals surface area contributed by atoms with E-state index in [1.807, 2.05) is 49.4 Å². The molecule has 4 nitrogen and oxygen atoms in total. The third kappa shape index (κ3) is 3.96. The average Bonchev–Trinajstić information content (AvgIpc) is 2.83. The fourth-order valence-corrected chi connectivity index (χ4v) is 3.95. The van der Waals surface area contributed by atoms with Crippen LogP contribution in [0.5, 0.6) is 5.75 Å². The van der Waals surface area contributed by atoms with Crippen molar-refractivity contribution < 1.29 is 14.3 Å². The molecule has 0 aromatic heterocycles. The molecule has 2 amide bonds. The second kappa shape index (κ2) is 7.45. The zero-order chi connectivity index (χ0) is 18.0. The maximum atomic E-state index is 12.6. The van der Waals surface area contributed by atoms with Gasteiger partial charge in [0, 0.05) is 0 Å². The highest BCUT2D eigenvalue weighted by Crippen LogP contribution is 2.34. The van der Waals surface area contributed by atoms with E-state index in [9.17, 15) is 9.59 Å². The van der Waals surface area contributed by atoms with Crippen LogP contribution in [0, 0.1) is 6.92 Å². The van der Waals surface area contributed by atoms with Gasteiger partial charge in [0.15, 0.2) is 0 Å². The van der Waals surface area contributed by atoms with Gasteiger partial charge in [0.05, 0.1) is 23.0 Å². The van der Waals surface area contributed by atoms with Gasteiger partial charge in [-0.2, -0.15) is 0 Å². The van der Waals surface area contributed by atoms with E-state index >= 15 is 0 Å². The van der Waals surface area contributed by atoms with Gasteiger partial charge < -0.3 is 4.74 Å². The summed E-state index contributed by atoms with van der Waals surface area (Å²) in [5.41, 5.74) is 2.87. The highest BCUT2D eigenvalue weighted by molar-refractivity contribution is 9.10. The van der Waals surface area contributed by atoms with E-state index in [0.717, 1.165) is 32.9 Å². The van der Waals surface area contributed by atoms with Crippen molar-refractivity contribution >= 4 is 44.9 Å². The van der Waals surface area contributed by atoms with Crippen molar-refractivity contribution in [2.45, 2.75) is 13.5 Å². The molecular formula is C19H16BrNO3S. The Morgan fingerprint density at radius 1 is 1.20 bits per heavy atom. The first-order valence-corrected chi connectivity index (χ1v) is 9.23. The van der Waals surface area contributed by atoms with Gasteiger partial charge in [-0.15, -0.1) is 0 Å². The Balaban J connectivity index is 1.82. The van der Waals surface area contributed by atoms with Gasteiger partial charge in [0.25, 0.3) is 11.1 Å². The number of halogens is 1. The second-order valence-electron chi connectivity index (χ2n) is 5.65. The fourth-order valence-electron chi connectivity index (χ4n) is 2.55. The summed E-state index contributed by atoms with van der Waals surface area (Å²) in [7, 11) is 1.59. The Hall–Kier alpha value is -2.05. The van der Waals surface area contributed by atoms with E-state index < -0.39 is 0 Å². The van der Waals surface area contributed by atoms with Gasteiger partial charge in [-0.1, -0.05) is 35.9 Å². The van der Waals surface area contributed by atoms with Crippen LogP contribution < -0.4 is 4.74 Å². The number of imide groups is 1. The fraction of sp³-hybridized carbons (Fsp3) is 0.158. The molecule has 3 rings (SSSR count). The quantitative estimate of drug-likeness (QED) is 0.656. The molecule has 6 heteroatoms. The minimum Gasteiger partial charge on any atom is -0.496 e. The first-order valence-electron chi connectivity index (χ1n) is 7.62. The molecule has 1 aliphatic rings. The second-order valence-corrected chi connectivity index (χ2v) is 7.50. The van der Waals surface area contributed by atoms with E-state index in [4.69, 9.17) is 4.74 Å². The lowest BCUT2D eigenvalue weighted by molar-refractivity contribution is -0.123. The number of aryl methyl sites for hydroxylation is 1. The van der Waals surface area contributed by atoms with E-state index in [1.54, 1.807) is 13.2 Å². The third-order valence-corrected chi connectivity index (χ3v) is 5.30. The molecule has 0 aliphatic carbocycles. The number of nitrogens with zero attached hydrogens (tertiary/aromatic N) is 1. The van der Waals surface area contributed by atoms with Crippen LogP contribution in [0.2, 0.25) is 0 Å². The third-order valence-electron chi connectivity index (χ3n) is 3.77. The molecule has 1 saturated heterocycles. The zero-order valence-corrected chi connectivity index (χ0v) is 16.2. The molecule has 2 aromatic rings. The van der Waals surface area contributed by atoms with Crippen molar-refractivity contribution in [1.82, 2.24) is 4.90 Å². The van der Waals surface area contributed by atoms with Gasteiger partial charge in [-0.25, -0.2) is 0 Å². The minimum atomic E-state index is -0.261. The van der Waals surface area contributed by atoms with Crippen LogP contribution >= 0.6 is 27.7 Å². The molecule has 2 aromatic carbocycles. The van der Waals surface area contributed by atoms with Crippen LogP contribution in [0.4, 0.5) is 4.79 Å². The van der Waals surface area contributed by atoms with E-state index in [-0.39, 0.29) is 17.7 Å². The van der Waals surface area contributed by atoms with Gasteiger partial charge in [-0.3, -0.25) is 14.5 Å². The Morgan fingerprint density at radius 3 is 2.68 bits per heavy atom. The molecule has 0 N–H and O–H groups in total. The molecule has 1 aliphatic heterocycles. The van der Waals surface area contributed by atoms with Gasteiger partial charge in [0.2, 0.25) is 0 Å². The Bertz CT molecular complexity index is 879. The van der Waals surface area contributed by atoms with Crippen molar-refractivity contribution in [3.05, 3.63) is 68.5 Å². The Labute approximate surface area is 159 Å². The smallest absolute Gasteiger partial charge is 0.293 e. The number of benzene rings is 2.